The maximum absolute atomic E-state index is 13.8. The molecule has 2 aromatic rings. The Hall–Kier alpha value is -1.91. The molecule has 27 heavy (non-hydrogen) atoms. The van der Waals surface area contributed by atoms with Crippen molar-refractivity contribution in [2.24, 2.45) is 11.7 Å². The first kappa shape index (κ1) is 19.8. The Morgan fingerprint density at radius 3 is 2.44 bits per heavy atom. The molecule has 2 fully saturated rings. The normalized spacial score (nSPS) is 23.4. The molecule has 3 nitrogen and oxygen atoms in total. The molecule has 5 heteroatoms. The molecule has 2 atom stereocenters. The van der Waals surface area contributed by atoms with Gasteiger partial charge in [0.1, 0.15) is 5.82 Å². The lowest BCUT2D eigenvalue weighted by molar-refractivity contribution is -0.140. The predicted molar refractivity (Wildman–Crippen MR) is 107 cm³/mol. The van der Waals surface area contributed by atoms with Gasteiger partial charge in [-0.05, 0) is 48.6 Å². The number of amides is 1. The summed E-state index contributed by atoms with van der Waals surface area (Å²) in [6, 6.07) is 16.9. The van der Waals surface area contributed by atoms with Crippen molar-refractivity contribution < 1.29 is 9.18 Å². The van der Waals surface area contributed by atoms with Crippen LogP contribution in [0.5, 0.6) is 0 Å². The molecule has 1 amide bonds. The predicted octanol–water partition coefficient (Wildman–Crippen LogP) is 3.87. The molecule has 2 aromatic carbocycles. The van der Waals surface area contributed by atoms with E-state index >= 15 is 0 Å². The number of carbonyl (C=O) groups excluding carboxylic acids is 1. The molecule has 144 valence electrons. The summed E-state index contributed by atoms with van der Waals surface area (Å²) in [4.78, 5) is 15.4. The van der Waals surface area contributed by atoms with E-state index in [1.165, 1.54) is 17.7 Å². The number of halogens is 2. The van der Waals surface area contributed by atoms with E-state index in [0.717, 1.165) is 24.8 Å². The summed E-state index contributed by atoms with van der Waals surface area (Å²) < 4.78 is 13.8. The molecule has 1 heterocycles. The Balaban J connectivity index is 0.00000210. The second-order valence-electron chi connectivity index (χ2n) is 7.67. The van der Waals surface area contributed by atoms with Gasteiger partial charge in [-0.3, -0.25) is 4.79 Å². The Labute approximate surface area is 166 Å². The van der Waals surface area contributed by atoms with Crippen LogP contribution >= 0.6 is 12.4 Å². The van der Waals surface area contributed by atoms with Gasteiger partial charge in [0, 0.05) is 19.0 Å². The van der Waals surface area contributed by atoms with Crippen molar-refractivity contribution in [2.45, 2.75) is 30.6 Å². The van der Waals surface area contributed by atoms with Crippen LogP contribution in [0.3, 0.4) is 0 Å². The zero-order valence-corrected chi connectivity index (χ0v) is 16.1. The molecule has 1 aliphatic heterocycles. The average Bonchev–Trinajstić information content (AvgIpc) is 3.06. The Morgan fingerprint density at radius 2 is 1.85 bits per heavy atom. The summed E-state index contributed by atoms with van der Waals surface area (Å²) in [5.41, 5.74) is 7.54. The molecular weight excluding hydrogens is 363 g/mol. The van der Waals surface area contributed by atoms with Crippen LogP contribution < -0.4 is 5.73 Å². The van der Waals surface area contributed by atoms with Crippen LogP contribution in [0.15, 0.2) is 54.6 Å². The molecule has 0 bridgehead atoms. The van der Waals surface area contributed by atoms with Gasteiger partial charge < -0.3 is 10.6 Å². The first-order valence-electron chi connectivity index (χ1n) is 9.44. The van der Waals surface area contributed by atoms with Crippen molar-refractivity contribution in [3.05, 3.63) is 71.5 Å². The zero-order valence-electron chi connectivity index (χ0n) is 15.3. The molecule has 0 spiro atoms. The van der Waals surface area contributed by atoms with Crippen LogP contribution in [-0.4, -0.2) is 30.4 Å². The largest absolute Gasteiger partial charge is 0.341 e. The number of likely N-dealkylation sites (tertiary alicyclic amines) is 1. The number of nitrogens with zero attached hydrogens (tertiary/aromatic N) is 1. The topological polar surface area (TPSA) is 46.3 Å². The SMILES string of the molecule is Cl.NC[C@@H]1CN(C(=O)C2(c3cccc(F)c3)CCC2)C[C@H]1c1ccccc1. The van der Waals surface area contributed by atoms with E-state index in [1.807, 2.05) is 29.2 Å². The van der Waals surface area contributed by atoms with Gasteiger partial charge in [0.25, 0.3) is 0 Å². The average molecular weight is 389 g/mol. The van der Waals surface area contributed by atoms with Crippen LogP contribution in [0.25, 0.3) is 0 Å². The van der Waals surface area contributed by atoms with Crippen LogP contribution in [-0.2, 0) is 10.2 Å². The van der Waals surface area contributed by atoms with E-state index in [2.05, 4.69) is 12.1 Å². The Bertz CT molecular complexity index is 794. The zero-order chi connectivity index (χ0) is 18.1. The van der Waals surface area contributed by atoms with E-state index in [1.54, 1.807) is 6.07 Å². The highest BCUT2D eigenvalue weighted by Crippen LogP contribution is 2.47. The summed E-state index contributed by atoms with van der Waals surface area (Å²) >= 11 is 0. The third-order valence-electron chi connectivity index (χ3n) is 6.25. The van der Waals surface area contributed by atoms with Crippen molar-refractivity contribution >= 4 is 18.3 Å². The summed E-state index contributed by atoms with van der Waals surface area (Å²) in [6.07, 6.45) is 2.61. The second kappa shape index (κ2) is 7.99. The summed E-state index contributed by atoms with van der Waals surface area (Å²) in [7, 11) is 0. The van der Waals surface area contributed by atoms with Gasteiger partial charge in [-0.15, -0.1) is 12.4 Å². The lowest BCUT2D eigenvalue weighted by atomic mass is 9.63. The number of carbonyl (C=O) groups is 1. The van der Waals surface area contributed by atoms with Crippen LogP contribution in [0.4, 0.5) is 4.39 Å². The van der Waals surface area contributed by atoms with Crippen LogP contribution in [0.1, 0.15) is 36.3 Å². The first-order valence-corrected chi connectivity index (χ1v) is 9.44. The molecule has 0 unspecified atom stereocenters. The van der Waals surface area contributed by atoms with Crippen molar-refractivity contribution in [1.82, 2.24) is 4.90 Å². The monoisotopic (exact) mass is 388 g/mol. The highest BCUT2D eigenvalue weighted by atomic mass is 35.5. The van der Waals surface area contributed by atoms with Crippen molar-refractivity contribution in [2.75, 3.05) is 19.6 Å². The van der Waals surface area contributed by atoms with E-state index in [0.29, 0.717) is 19.6 Å². The van der Waals surface area contributed by atoms with Gasteiger partial charge in [-0.2, -0.15) is 0 Å². The summed E-state index contributed by atoms with van der Waals surface area (Å²) in [6.45, 7) is 1.95. The van der Waals surface area contributed by atoms with Crippen molar-refractivity contribution in [1.29, 1.82) is 0 Å². The molecule has 1 saturated heterocycles. The number of hydrogen-bond donors (Lipinski definition) is 1. The van der Waals surface area contributed by atoms with E-state index < -0.39 is 5.41 Å². The fourth-order valence-electron chi connectivity index (χ4n) is 4.60. The third kappa shape index (κ3) is 3.48. The summed E-state index contributed by atoms with van der Waals surface area (Å²) in [5.74, 6) is 0.414. The maximum atomic E-state index is 13.8. The molecular formula is C22H26ClFN2O. The third-order valence-corrected chi connectivity index (χ3v) is 6.25. The highest BCUT2D eigenvalue weighted by Gasteiger charge is 2.50. The Kier molecular flexibility index (Phi) is 5.87. The number of hydrogen-bond acceptors (Lipinski definition) is 2. The van der Waals surface area contributed by atoms with Gasteiger partial charge >= 0.3 is 0 Å². The van der Waals surface area contributed by atoms with Gasteiger partial charge in [0.2, 0.25) is 5.91 Å². The quantitative estimate of drug-likeness (QED) is 0.864. The summed E-state index contributed by atoms with van der Waals surface area (Å²) in [5, 5.41) is 0. The van der Waals surface area contributed by atoms with Crippen molar-refractivity contribution in [3.8, 4) is 0 Å². The molecule has 2 N–H and O–H groups in total. The van der Waals surface area contributed by atoms with Gasteiger partial charge in [0.15, 0.2) is 0 Å². The number of benzene rings is 2. The van der Waals surface area contributed by atoms with Crippen LogP contribution in [0.2, 0.25) is 0 Å². The first-order chi connectivity index (χ1) is 12.6. The molecule has 0 radical (unpaired) electrons. The van der Waals surface area contributed by atoms with E-state index in [4.69, 9.17) is 5.73 Å². The lowest BCUT2D eigenvalue weighted by Crippen LogP contribution is -2.50. The van der Waals surface area contributed by atoms with Gasteiger partial charge in [0.05, 0.1) is 5.41 Å². The van der Waals surface area contributed by atoms with Crippen LogP contribution in [0, 0.1) is 11.7 Å². The Morgan fingerprint density at radius 1 is 1.11 bits per heavy atom. The standard InChI is InChI=1S/C22H25FN2O.ClH/c23-19-9-4-8-18(12-19)22(10-5-11-22)21(26)25-14-17(13-24)20(15-25)16-6-2-1-3-7-16;/h1-4,6-9,12,17,20H,5,10-11,13-15,24H2;1H/t17-,20+;/m1./s1. The number of rotatable bonds is 4. The van der Waals surface area contributed by atoms with Gasteiger partial charge in [-0.25, -0.2) is 4.39 Å². The molecule has 0 aromatic heterocycles. The lowest BCUT2D eigenvalue weighted by Gasteiger charge is -2.43. The van der Waals surface area contributed by atoms with Crippen molar-refractivity contribution in [3.63, 3.8) is 0 Å². The number of nitrogens with two attached hydrogens (primary N) is 1. The minimum absolute atomic E-state index is 0. The maximum Gasteiger partial charge on any atom is 0.233 e. The van der Waals surface area contributed by atoms with Gasteiger partial charge in [-0.1, -0.05) is 48.9 Å². The fourth-order valence-corrected chi connectivity index (χ4v) is 4.60. The molecule has 2 aliphatic rings. The second-order valence-corrected chi connectivity index (χ2v) is 7.67. The van der Waals surface area contributed by atoms with E-state index in [-0.39, 0.29) is 36.0 Å². The molecule has 1 aliphatic carbocycles. The van der Waals surface area contributed by atoms with E-state index in [9.17, 15) is 9.18 Å². The molecule has 1 saturated carbocycles. The smallest absolute Gasteiger partial charge is 0.233 e. The molecule has 4 rings (SSSR count). The minimum Gasteiger partial charge on any atom is -0.341 e. The minimum atomic E-state index is -0.549. The fraction of sp³-hybridized carbons (Fsp3) is 0.409. The highest BCUT2D eigenvalue weighted by molar-refractivity contribution is 5.89.